The van der Waals surface area contributed by atoms with Crippen LogP contribution < -0.4 is 0 Å². The van der Waals surface area contributed by atoms with Gasteiger partial charge in [-0.25, -0.2) is 4.98 Å². The maximum atomic E-state index is 12.7. The van der Waals surface area contributed by atoms with Crippen molar-refractivity contribution in [1.29, 1.82) is 0 Å². The van der Waals surface area contributed by atoms with Crippen LogP contribution in [0.3, 0.4) is 0 Å². The molecule has 0 aliphatic carbocycles. The van der Waals surface area contributed by atoms with Crippen LogP contribution in [0.15, 0.2) is 35.5 Å². The summed E-state index contributed by atoms with van der Waals surface area (Å²) in [5.41, 5.74) is 1.65. The van der Waals surface area contributed by atoms with Gasteiger partial charge >= 0.3 is 0 Å². The molecule has 2 aromatic rings. The van der Waals surface area contributed by atoms with Gasteiger partial charge in [0.15, 0.2) is 0 Å². The van der Waals surface area contributed by atoms with Crippen LogP contribution in [0.1, 0.15) is 41.7 Å². The topological polar surface area (TPSA) is 82.4 Å². The lowest BCUT2D eigenvalue weighted by Gasteiger charge is -2.48. The van der Waals surface area contributed by atoms with E-state index in [2.05, 4.69) is 9.97 Å². The molecular weight excluding hydrogens is 332 g/mol. The molecule has 4 heterocycles. The van der Waals surface area contributed by atoms with Crippen molar-refractivity contribution < 1.29 is 14.0 Å². The highest BCUT2D eigenvalue weighted by atomic mass is 16.3. The molecule has 1 N–H and O–H groups in total. The van der Waals surface area contributed by atoms with Gasteiger partial charge in [-0.2, -0.15) is 0 Å². The van der Waals surface area contributed by atoms with Gasteiger partial charge in [0.1, 0.15) is 6.26 Å². The van der Waals surface area contributed by atoms with Gasteiger partial charge in [0.05, 0.1) is 18.2 Å². The summed E-state index contributed by atoms with van der Waals surface area (Å²) in [4.78, 5) is 36.1. The number of furan rings is 1. The minimum atomic E-state index is 0.0134. The number of amides is 2. The monoisotopic (exact) mass is 356 g/mol. The minimum Gasteiger partial charge on any atom is -0.472 e. The number of imidazole rings is 1. The number of aromatic nitrogens is 2. The summed E-state index contributed by atoms with van der Waals surface area (Å²) in [6, 6.07) is 1.71. The van der Waals surface area contributed by atoms with E-state index in [-0.39, 0.29) is 17.2 Å². The molecule has 2 fully saturated rings. The van der Waals surface area contributed by atoms with E-state index in [0.29, 0.717) is 25.1 Å². The molecule has 1 atom stereocenters. The molecular formula is C19H24N4O3. The molecule has 0 saturated carbocycles. The molecule has 2 aromatic heterocycles. The average Bonchev–Trinajstić information content (AvgIpc) is 3.36. The zero-order valence-electron chi connectivity index (χ0n) is 14.8. The van der Waals surface area contributed by atoms with E-state index in [1.807, 2.05) is 9.80 Å². The van der Waals surface area contributed by atoms with Gasteiger partial charge in [0, 0.05) is 56.3 Å². The summed E-state index contributed by atoms with van der Waals surface area (Å²) in [5, 5.41) is 0. The van der Waals surface area contributed by atoms with Crippen LogP contribution in [0.2, 0.25) is 0 Å². The van der Waals surface area contributed by atoms with Crippen LogP contribution in [0.5, 0.6) is 0 Å². The van der Waals surface area contributed by atoms with Crippen LogP contribution in [-0.2, 0) is 11.2 Å². The third kappa shape index (κ3) is 3.38. The number of aromatic amines is 1. The fraction of sp³-hybridized carbons (Fsp3) is 0.526. The molecule has 0 unspecified atom stereocenters. The Labute approximate surface area is 152 Å². The van der Waals surface area contributed by atoms with E-state index in [9.17, 15) is 9.59 Å². The molecule has 2 aliphatic rings. The fourth-order valence-electron chi connectivity index (χ4n) is 4.27. The summed E-state index contributed by atoms with van der Waals surface area (Å²) in [6.07, 6.45) is 10.7. The standard InChI is InChI=1S/C19H24N4O3/c24-17-2-6-19(12-22(17)8-3-16-10-20-14-21-16)5-1-7-23(13-19)18(25)15-4-9-26-11-15/h4,9-11,14H,1-3,5-8,12-13H2,(H,20,21)/t19-/m1/s1. The summed E-state index contributed by atoms with van der Waals surface area (Å²) >= 11 is 0. The van der Waals surface area contributed by atoms with E-state index >= 15 is 0 Å². The Kier molecular flexibility index (Phi) is 4.53. The lowest BCUT2D eigenvalue weighted by atomic mass is 9.73. The summed E-state index contributed by atoms with van der Waals surface area (Å²) in [7, 11) is 0. The molecule has 0 aromatic carbocycles. The molecule has 4 rings (SSSR count). The fourth-order valence-corrected chi connectivity index (χ4v) is 4.27. The first kappa shape index (κ1) is 16.9. The number of carbonyl (C=O) groups excluding carboxylic acids is 2. The Hall–Kier alpha value is -2.57. The lowest BCUT2D eigenvalue weighted by molar-refractivity contribution is -0.138. The first-order chi connectivity index (χ1) is 12.7. The molecule has 1 spiro atoms. The van der Waals surface area contributed by atoms with E-state index in [4.69, 9.17) is 4.42 Å². The summed E-state index contributed by atoms with van der Waals surface area (Å²) in [6.45, 7) is 2.91. The van der Waals surface area contributed by atoms with E-state index in [0.717, 1.165) is 44.5 Å². The normalized spacial score (nSPS) is 23.6. The van der Waals surface area contributed by atoms with Crippen molar-refractivity contribution in [3.8, 4) is 0 Å². The molecule has 0 radical (unpaired) electrons. The van der Waals surface area contributed by atoms with Crippen molar-refractivity contribution >= 4 is 11.8 Å². The predicted octanol–water partition coefficient (Wildman–Crippen LogP) is 2.09. The van der Waals surface area contributed by atoms with Crippen molar-refractivity contribution in [3.05, 3.63) is 42.4 Å². The minimum absolute atomic E-state index is 0.0134. The van der Waals surface area contributed by atoms with E-state index < -0.39 is 0 Å². The third-order valence-electron chi connectivity index (χ3n) is 5.67. The largest absolute Gasteiger partial charge is 0.472 e. The Balaban J connectivity index is 1.43. The molecule has 0 bridgehead atoms. The van der Waals surface area contributed by atoms with Gasteiger partial charge < -0.3 is 19.2 Å². The molecule has 138 valence electrons. The van der Waals surface area contributed by atoms with Gasteiger partial charge in [-0.1, -0.05) is 0 Å². The Morgan fingerprint density at radius 3 is 3.04 bits per heavy atom. The highest BCUT2D eigenvalue weighted by molar-refractivity contribution is 5.94. The molecule has 2 amide bonds. The van der Waals surface area contributed by atoms with Crippen molar-refractivity contribution in [2.75, 3.05) is 26.2 Å². The number of hydrogen-bond acceptors (Lipinski definition) is 4. The van der Waals surface area contributed by atoms with Gasteiger partial charge in [0.25, 0.3) is 5.91 Å². The zero-order valence-corrected chi connectivity index (χ0v) is 14.8. The highest BCUT2D eigenvalue weighted by Gasteiger charge is 2.42. The second-order valence-electron chi connectivity index (χ2n) is 7.48. The predicted molar refractivity (Wildman–Crippen MR) is 94.4 cm³/mol. The average molecular weight is 356 g/mol. The molecule has 26 heavy (non-hydrogen) atoms. The Morgan fingerprint density at radius 1 is 1.35 bits per heavy atom. The van der Waals surface area contributed by atoms with E-state index in [1.54, 1.807) is 18.6 Å². The number of hydrogen-bond donors (Lipinski definition) is 1. The third-order valence-corrected chi connectivity index (χ3v) is 5.67. The van der Waals surface area contributed by atoms with Crippen molar-refractivity contribution in [3.63, 3.8) is 0 Å². The van der Waals surface area contributed by atoms with Gasteiger partial charge in [0.2, 0.25) is 5.91 Å². The van der Waals surface area contributed by atoms with Gasteiger partial charge in [-0.15, -0.1) is 0 Å². The SMILES string of the molecule is O=C1CC[C@]2(CCCN(C(=O)c3ccoc3)C2)CN1CCc1cnc[nH]1. The highest BCUT2D eigenvalue weighted by Crippen LogP contribution is 2.39. The Bertz CT molecular complexity index is 756. The lowest BCUT2D eigenvalue weighted by Crippen LogP contribution is -2.55. The van der Waals surface area contributed by atoms with Crippen LogP contribution >= 0.6 is 0 Å². The van der Waals surface area contributed by atoms with Crippen molar-refractivity contribution in [2.24, 2.45) is 5.41 Å². The molecule has 7 heteroatoms. The Morgan fingerprint density at radius 2 is 2.27 bits per heavy atom. The van der Waals surface area contributed by atoms with Crippen LogP contribution in [0.4, 0.5) is 0 Å². The number of piperidine rings is 2. The molecule has 2 aliphatic heterocycles. The van der Waals surface area contributed by atoms with E-state index in [1.165, 1.54) is 12.5 Å². The van der Waals surface area contributed by atoms with Crippen LogP contribution in [0.25, 0.3) is 0 Å². The zero-order chi connectivity index (χ0) is 18.0. The smallest absolute Gasteiger partial charge is 0.257 e. The number of nitrogens with zero attached hydrogens (tertiary/aromatic N) is 3. The van der Waals surface area contributed by atoms with Gasteiger partial charge in [-0.05, 0) is 25.3 Å². The second kappa shape index (κ2) is 6.97. The maximum Gasteiger partial charge on any atom is 0.257 e. The van der Waals surface area contributed by atoms with Crippen LogP contribution in [-0.4, -0.2) is 57.8 Å². The number of likely N-dealkylation sites (tertiary alicyclic amines) is 2. The second-order valence-corrected chi connectivity index (χ2v) is 7.48. The number of H-pyrrole nitrogens is 1. The van der Waals surface area contributed by atoms with Crippen molar-refractivity contribution in [2.45, 2.75) is 32.1 Å². The first-order valence-electron chi connectivity index (χ1n) is 9.22. The molecule has 2 saturated heterocycles. The summed E-state index contributed by atoms with van der Waals surface area (Å²) < 4.78 is 5.05. The maximum absolute atomic E-state index is 12.7. The molecule has 7 nitrogen and oxygen atoms in total. The number of nitrogens with one attached hydrogen (secondary N) is 1. The quantitative estimate of drug-likeness (QED) is 0.909. The van der Waals surface area contributed by atoms with Crippen molar-refractivity contribution in [1.82, 2.24) is 19.8 Å². The first-order valence-corrected chi connectivity index (χ1v) is 9.22. The van der Waals surface area contributed by atoms with Gasteiger partial charge in [-0.3, -0.25) is 9.59 Å². The number of carbonyl (C=O) groups is 2. The van der Waals surface area contributed by atoms with Crippen LogP contribution in [0, 0.1) is 5.41 Å². The number of rotatable bonds is 4. The summed E-state index contributed by atoms with van der Waals surface area (Å²) in [5.74, 6) is 0.243.